The molecule has 0 spiro atoms. The average molecular weight is 531 g/mol. The summed E-state index contributed by atoms with van der Waals surface area (Å²) in [6.07, 6.45) is 0.292. The van der Waals surface area contributed by atoms with Gasteiger partial charge in [-0.25, -0.2) is 0 Å². The van der Waals surface area contributed by atoms with Crippen molar-refractivity contribution >= 4 is 48.9 Å². The molecule has 0 fully saturated rings. The van der Waals surface area contributed by atoms with E-state index < -0.39 is 16.8 Å². The maximum Gasteiger partial charge on any atom is 0.194 e. The fraction of sp³-hybridized carbons (Fsp3) is 0.300. The van der Waals surface area contributed by atoms with Gasteiger partial charge in [0.25, 0.3) is 0 Å². The van der Waals surface area contributed by atoms with Gasteiger partial charge >= 0.3 is 0 Å². The molecule has 200 valence electrons. The maximum atomic E-state index is 13.5. The quantitative estimate of drug-likeness (QED) is 0.254. The summed E-state index contributed by atoms with van der Waals surface area (Å²) in [7, 11) is 5.61. The Kier molecular flexibility index (Phi) is 5.23. The number of hydrogen-bond donors (Lipinski definition) is 2. The van der Waals surface area contributed by atoms with Crippen LogP contribution in [-0.2, 0) is 11.2 Å². The number of ether oxygens (including phenoxy) is 4. The lowest BCUT2D eigenvalue weighted by Crippen LogP contribution is -2.20. The number of phenolic OH excluding ortho intramolecular Hbond substituents is 2. The molecule has 0 aliphatic heterocycles. The van der Waals surface area contributed by atoms with Crippen molar-refractivity contribution in [1.29, 1.82) is 0 Å². The average Bonchev–Trinajstić information content (AvgIpc) is 3.02. The minimum absolute atomic E-state index is 0.0108. The zero-order valence-electron chi connectivity index (χ0n) is 22.3. The summed E-state index contributed by atoms with van der Waals surface area (Å²) in [4.78, 5) is 40.2. The fourth-order valence-electron chi connectivity index (χ4n) is 6.85. The Hall–Kier alpha value is -4.53. The van der Waals surface area contributed by atoms with E-state index in [9.17, 15) is 24.6 Å². The minimum Gasteiger partial charge on any atom is -0.504 e. The topological polar surface area (TPSA) is 129 Å². The maximum absolute atomic E-state index is 13.5. The molecular weight excluding hydrogens is 504 g/mol. The molecule has 5 aromatic rings. The lowest BCUT2D eigenvalue weighted by atomic mass is 9.79. The fourth-order valence-corrected chi connectivity index (χ4v) is 6.85. The first-order valence-electron chi connectivity index (χ1n) is 12.4. The Morgan fingerprint density at radius 3 is 1.67 bits per heavy atom. The van der Waals surface area contributed by atoms with E-state index in [4.69, 9.17) is 18.9 Å². The molecule has 39 heavy (non-hydrogen) atoms. The summed E-state index contributed by atoms with van der Waals surface area (Å²) >= 11 is 0. The Morgan fingerprint density at radius 1 is 0.718 bits per heavy atom. The van der Waals surface area contributed by atoms with E-state index in [1.54, 1.807) is 0 Å². The number of carbonyl (C=O) groups is 1. The number of ketones is 1. The summed E-state index contributed by atoms with van der Waals surface area (Å²) in [5, 5.41) is 25.5. The van der Waals surface area contributed by atoms with Gasteiger partial charge in [0.2, 0.25) is 0 Å². The lowest BCUT2D eigenvalue weighted by molar-refractivity contribution is -0.119. The van der Waals surface area contributed by atoms with E-state index in [0.29, 0.717) is 49.9 Å². The predicted octanol–water partition coefficient (Wildman–Crippen LogP) is 4.21. The molecule has 0 saturated heterocycles. The van der Waals surface area contributed by atoms with Crippen LogP contribution in [0.4, 0.5) is 0 Å². The SMILES string of the molecule is COc1c(O)c2c(=O)cc(OC)c3c4c(OC)cc(=O)c5c(O)c(OC)c6c(c(c1CC(C)C6C(C)=O)c23)c54. The molecule has 0 heterocycles. The van der Waals surface area contributed by atoms with Crippen molar-refractivity contribution in [3.8, 4) is 34.5 Å². The minimum atomic E-state index is -0.743. The van der Waals surface area contributed by atoms with E-state index in [1.165, 1.54) is 47.5 Å². The number of rotatable bonds is 5. The molecule has 9 nitrogen and oxygen atoms in total. The van der Waals surface area contributed by atoms with E-state index in [-0.39, 0.29) is 57.0 Å². The number of methoxy groups -OCH3 is 4. The number of Topliss-reactive ketones (excluding diaryl/α,β-unsaturated/α-hetero) is 1. The zero-order chi connectivity index (χ0) is 28.1. The molecule has 0 amide bonds. The van der Waals surface area contributed by atoms with E-state index in [0.717, 1.165) is 0 Å². The third-order valence-electron chi connectivity index (χ3n) is 8.20. The van der Waals surface area contributed by atoms with Crippen LogP contribution in [0, 0.1) is 5.92 Å². The molecule has 2 unspecified atom stereocenters. The number of fused-ring (bicyclic) bond motifs is 1. The van der Waals surface area contributed by atoms with Crippen LogP contribution in [0.5, 0.6) is 34.5 Å². The Labute approximate surface area is 221 Å². The van der Waals surface area contributed by atoms with Crippen molar-refractivity contribution in [2.24, 2.45) is 5.92 Å². The van der Waals surface area contributed by atoms with Crippen LogP contribution < -0.4 is 29.8 Å². The third-order valence-corrected chi connectivity index (χ3v) is 8.20. The third kappa shape index (κ3) is 2.87. The van der Waals surface area contributed by atoms with Crippen LogP contribution in [0.1, 0.15) is 30.9 Å². The summed E-state index contributed by atoms with van der Waals surface area (Å²) in [6.45, 7) is 3.36. The van der Waals surface area contributed by atoms with Gasteiger partial charge in [0.05, 0.1) is 39.2 Å². The monoisotopic (exact) mass is 530 g/mol. The molecule has 1 aliphatic carbocycles. The van der Waals surface area contributed by atoms with E-state index in [1.807, 2.05) is 6.92 Å². The second-order valence-corrected chi connectivity index (χ2v) is 10.1. The van der Waals surface area contributed by atoms with Crippen molar-refractivity contribution in [3.05, 3.63) is 43.7 Å². The lowest BCUT2D eigenvalue weighted by Gasteiger charge is -2.25. The first kappa shape index (κ1) is 24.8. The predicted molar refractivity (Wildman–Crippen MR) is 147 cm³/mol. The van der Waals surface area contributed by atoms with Crippen LogP contribution in [0.2, 0.25) is 0 Å². The van der Waals surface area contributed by atoms with Crippen LogP contribution in [0.15, 0.2) is 21.7 Å². The first-order chi connectivity index (χ1) is 18.6. The van der Waals surface area contributed by atoms with Gasteiger partial charge in [-0.1, -0.05) is 6.92 Å². The van der Waals surface area contributed by atoms with Gasteiger partial charge in [0.1, 0.15) is 17.3 Å². The van der Waals surface area contributed by atoms with Crippen molar-refractivity contribution in [2.75, 3.05) is 28.4 Å². The number of benzene rings is 5. The van der Waals surface area contributed by atoms with Gasteiger partial charge in [-0.15, -0.1) is 0 Å². The van der Waals surface area contributed by atoms with E-state index >= 15 is 0 Å². The molecule has 0 bridgehead atoms. The van der Waals surface area contributed by atoms with E-state index in [2.05, 4.69) is 0 Å². The molecule has 0 aromatic heterocycles. The van der Waals surface area contributed by atoms with Crippen molar-refractivity contribution in [1.82, 2.24) is 0 Å². The number of hydrogen-bond acceptors (Lipinski definition) is 9. The van der Waals surface area contributed by atoms with Gasteiger partial charge in [0, 0.05) is 50.7 Å². The normalized spacial score (nSPS) is 16.9. The Bertz CT molecular complexity index is 1990. The highest BCUT2D eigenvalue weighted by Crippen LogP contribution is 2.58. The zero-order valence-corrected chi connectivity index (χ0v) is 22.3. The van der Waals surface area contributed by atoms with Gasteiger partial charge < -0.3 is 29.2 Å². The molecule has 2 atom stereocenters. The standard InChI is InChI=1S/C30H26O9/c1-10-7-12-18-23-19(27(34)29(12)38-5)13(32)8-15(36-3)21(23)22-16(37-4)9-14(33)20-25(22)24(18)26(17(10)11(2)31)30(39-6)28(20)35/h8-10,17,34-35H,7H2,1-6H3. The smallest absolute Gasteiger partial charge is 0.194 e. The molecule has 5 aromatic carbocycles. The van der Waals surface area contributed by atoms with Crippen LogP contribution >= 0.6 is 0 Å². The van der Waals surface area contributed by atoms with Crippen molar-refractivity contribution < 1.29 is 34.0 Å². The van der Waals surface area contributed by atoms with Crippen LogP contribution in [-0.4, -0.2) is 44.4 Å². The molecular formula is C30H26O9. The highest BCUT2D eigenvalue weighted by atomic mass is 16.5. The Morgan fingerprint density at radius 2 is 1.21 bits per heavy atom. The number of carbonyl (C=O) groups excluding carboxylic acids is 1. The van der Waals surface area contributed by atoms with Crippen molar-refractivity contribution in [2.45, 2.75) is 26.2 Å². The molecule has 0 saturated carbocycles. The molecule has 6 rings (SSSR count). The highest BCUT2D eigenvalue weighted by molar-refractivity contribution is 6.38. The van der Waals surface area contributed by atoms with Gasteiger partial charge in [0.15, 0.2) is 33.9 Å². The second-order valence-electron chi connectivity index (χ2n) is 10.1. The Balaban J connectivity index is 2.19. The highest BCUT2D eigenvalue weighted by Gasteiger charge is 2.39. The first-order valence-corrected chi connectivity index (χ1v) is 12.4. The molecule has 9 heteroatoms. The van der Waals surface area contributed by atoms with Gasteiger partial charge in [-0.05, 0) is 30.0 Å². The molecule has 0 radical (unpaired) electrons. The van der Waals surface area contributed by atoms with Gasteiger partial charge in [-0.2, -0.15) is 0 Å². The second kappa shape index (κ2) is 8.23. The summed E-state index contributed by atoms with van der Waals surface area (Å²) in [5.74, 6) is -1.42. The summed E-state index contributed by atoms with van der Waals surface area (Å²) in [5.41, 5.74) is -0.0164. The molecule has 1 aliphatic rings. The number of aromatic hydroxyl groups is 2. The van der Waals surface area contributed by atoms with Crippen LogP contribution in [0.3, 0.4) is 0 Å². The summed E-state index contributed by atoms with van der Waals surface area (Å²) in [6, 6.07) is 2.53. The molecule has 2 N–H and O–H groups in total. The van der Waals surface area contributed by atoms with Crippen LogP contribution in [0.25, 0.3) is 43.1 Å². The largest absolute Gasteiger partial charge is 0.504 e. The van der Waals surface area contributed by atoms with Gasteiger partial charge in [-0.3, -0.25) is 14.4 Å². The number of phenols is 2. The van der Waals surface area contributed by atoms with Crippen molar-refractivity contribution in [3.63, 3.8) is 0 Å². The summed E-state index contributed by atoms with van der Waals surface area (Å²) < 4.78 is 22.7.